The summed E-state index contributed by atoms with van der Waals surface area (Å²) in [5.41, 5.74) is 6.58. The number of aromatic nitrogens is 4. The van der Waals surface area contributed by atoms with Gasteiger partial charge in [-0.25, -0.2) is 4.98 Å². The van der Waals surface area contributed by atoms with Gasteiger partial charge in [0.25, 0.3) is 0 Å². The molecule has 2 N–H and O–H groups in total. The number of hydrogen-bond donors (Lipinski definition) is 1. The lowest BCUT2D eigenvalue weighted by molar-refractivity contribution is 0.526. The second kappa shape index (κ2) is 6.76. The molecule has 5 nitrogen and oxygen atoms in total. The molecule has 0 unspecified atom stereocenters. The van der Waals surface area contributed by atoms with E-state index in [1.54, 1.807) is 24.0 Å². The van der Waals surface area contributed by atoms with Crippen molar-refractivity contribution in [1.29, 1.82) is 0 Å². The van der Waals surface area contributed by atoms with Gasteiger partial charge in [0.2, 0.25) is 0 Å². The molecule has 2 rings (SSSR count). The van der Waals surface area contributed by atoms with E-state index < -0.39 is 0 Å². The highest BCUT2D eigenvalue weighted by atomic mass is 35.5. The predicted molar refractivity (Wildman–Crippen MR) is 82.1 cm³/mol. The maximum atomic E-state index is 6.13. The molecular formula is C12H15Cl2N5S. The third-order valence-electron chi connectivity index (χ3n) is 2.69. The summed E-state index contributed by atoms with van der Waals surface area (Å²) in [6.45, 7) is 4.52. The molecule has 0 aromatic carbocycles. The summed E-state index contributed by atoms with van der Waals surface area (Å²) in [6.07, 6.45) is 1.68. The van der Waals surface area contributed by atoms with E-state index in [0.29, 0.717) is 22.5 Å². The average molecular weight is 332 g/mol. The summed E-state index contributed by atoms with van der Waals surface area (Å²) in [5.74, 6) is 1.43. The van der Waals surface area contributed by atoms with Crippen molar-refractivity contribution in [3.63, 3.8) is 0 Å². The van der Waals surface area contributed by atoms with Gasteiger partial charge in [0.05, 0.1) is 6.54 Å². The van der Waals surface area contributed by atoms with E-state index in [0.717, 1.165) is 16.5 Å². The zero-order chi connectivity index (χ0) is 14.7. The summed E-state index contributed by atoms with van der Waals surface area (Å²) < 4.78 is 2.03. The van der Waals surface area contributed by atoms with Crippen LogP contribution in [0.4, 0.5) is 0 Å². The van der Waals surface area contributed by atoms with Crippen LogP contribution < -0.4 is 5.73 Å². The molecule has 0 bridgehead atoms. The Bertz CT molecular complexity index is 600. The Morgan fingerprint density at radius 1 is 1.35 bits per heavy atom. The van der Waals surface area contributed by atoms with Gasteiger partial charge < -0.3 is 10.3 Å². The van der Waals surface area contributed by atoms with Crippen LogP contribution in [-0.4, -0.2) is 19.7 Å². The molecule has 0 aliphatic heterocycles. The van der Waals surface area contributed by atoms with E-state index in [2.05, 4.69) is 29.0 Å². The highest BCUT2D eigenvalue weighted by Crippen LogP contribution is 2.28. The number of hydrogen-bond acceptors (Lipinski definition) is 5. The lowest BCUT2D eigenvalue weighted by Gasteiger charge is -2.12. The Hall–Kier alpha value is -0.820. The molecule has 2 aromatic heterocycles. The van der Waals surface area contributed by atoms with Gasteiger partial charge >= 0.3 is 0 Å². The molecule has 2 heterocycles. The topological polar surface area (TPSA) is 69.6 Å². The van der Waals surface area contributed by atoms with Crippen molar-refractivity contribution in [2.24, 2.45) is 5.73 Å². The molecule has 8 heteroatoms. The molecule has 0 fully saturated rings. The molecule has 0 amide bonds. The summed E-state index contributed by atoms with van der Waals surface area (Å²) in [5, 5.41) is 10.1. The SMILES string of the molecule is CC(C)n1c(CN)nnc1SCc1cnc(Cl)cc1Cl. The fourth-order valence-electron chi connectivity index (χ4n) is 1.75. The first-order valence-electron chi connectivity index (χ1n) is 6.09. The molecule has 108 valence electrons. The van der Waals surface area contributed by atoms with Crippen LogP contribution in [-0.2, 0) is 12.3 Å². The van der Waals surface area contributed by atoms with Gasteiger partial charge in [0.1, 0.15) is 11.0 Å². The Morgan fingerprint density at radius 2 is 2.10 bits per heavy atom. The van der Waals surface area contributed by atoms with Crippen molar-refractivity contribution in [2.45, 2.75) is 37.3 Å². The van der Waals surface area contributed by atoms with E-state index >= 15 is 0 Å². The van der Waals surface area contributed by atoms with E-state index in [-0.39, 0.29) is 6.04 Å². The van der Waals surface area contributed by atoms with Crippen molar-refractivity contribution >= 4 is 35.0 Å². The molecule has 0 radical (unpaired) electrons. The van der Waals surface area contributed by atoms with Gasteiger partial charge in [0, 0.05) is 23.0 Å². The Morgan fingerprint density at radius 3 is 2.70 bits per heavy atom. The monoisotopic (exact) mass is 331 g/mol. The lowest BCUT2D eigenvalue weighted by atomic mass is 10.3. The summed E-state index contributed by atoms with van der Waals surface area (Å²) in [4.78, 5) is 4.04. The minimum Gasteiger partial charge on any atom is -0.324 e. The van der Waals surface area contributed by atoms with Crippen LogP contribution in [0.5, 0.6) is 0 Å². The highest BCUT2D eigenvalue weighted by molar-refractivity contribution is 7.98. The van der Waals surface area contributed by atoms with Crippen molar-refractivity contribution in [2.75, 3.05) is 0 Å². The normalized spacial score (nSPS) is 11.3. The van der Waals surface area contributed by atoms with Crippen LogP contribution in [0, 0.1) is 0 Å². The Labute approximate surface area is 131 Å². The number of rotatable bonds is 5. The smallest absolute Gasteiger partial charge is 0.191 e. The van der Waals surface area contributed by atoms with Gasteiger partial charge in [-0.3, -0.25) is 0 Å². The van der Waals surface area contributed by atoms with Gasteiger partial charge in [-0.15, -0.1) is 10.2 Å². The Kier molecular flexibility index (Phi) is 5.26. The first-order chi connectivity index (χ1) is 9.52. The van der Waals surface area contributed by atoms with Crippen molar-refractivity contribution in [3.8, 4) is 0 Å². The molecular weight excluding hydrogens is 317 g/mol. The number of nitrogens with two attached hydrogens (primary N) is 1. The predicted octanol–water partition coefficient (Wildman–Crippen LogP) is 3.31. The molecule has 0 saturated heterocycles. The first kappa shape index (κ1) is 15.6. The molecule has 0 aliphatic rings. The zero-order valence-corrected chi connectivity index (χ0v) is 13.5. The quantitative estimate of drug-likeness (QED) is 0.672. The van der Waals surface area contributed by atoms with E-state index in [9.17, 15) is 0 Å². The van der Waals surface area contributed by atoms with Crippen LogP contribution in [0.15, 0.2) is 17.4 Å². The first-order valence-corrected chi connectivity index (χ1v) is 7.83. The largest absolute Gasteiger partial charge is 0.324 e. The minimum absolute atomic E-state index is 0.255. The zero-order valence-electron chi connectivity index (χ0n) is 11.2. The number of thioether (sulfide) groups is 1. The number of pyridine rings is 1. The van der Waals surface area contributed by atoms with Crippen LogP contribution in [0.1, 0.15) is 31.3 Å². The highest BCUT2D eigenvalue weighted by Gasteiger charge is 2.14. The van der Waals surface area contributed by atoms with Gasteiger partial charge in [-0.05, 0) is 25.5 Å². The van der Waals surface area contributed by atoms with Gasteiger partial charge in [-0.1, -0.05) is 35.0 Å². The molecule has 2 aromatic rings. The van der Waals surface area contributed by atoms with E-state index in [1.165, 1.54) is 0 Å². The third-order valence-corrected chi connectivity index (χ3v) is 4.24. The van der Waals surface area contributed by atoms with Crippen molar-refractivity contribution < 1.29 is 0 Å². The third kappa shape index (κ3) is 3.44. The Balaban J connectivity index is 2.17. The van der Waals surface area contributed by atoms with Crippen LogP contribution >= 0.6 is 35.0 Å². The van der Waals surface area contributed by atoms with Crippen molar-refractivity contribution in [3.05, 3.63) is 33.8 Å². The average Bonchev–Trinajstić information content (AvgIpc) is 2.80. The summed E-state index contributed by atoms with van der Waals surface area (Å²) >= 11 is 13.5. The fraction of sp³-hybridized carbons (Fsp3) is 0.417. The maximum absolute atomic E-state index is 6.13. The lowest BCUT2D eigenvalue weighted by Crippen LogP contribution is -2.11. The molecule has 0 saturated carbocycles. The fourth-order valence-corrected chi connectivity index (χ4v) is 3.33. The summed E-state index contributed by atoms with van der Waals surface area (Å²) in [6, 6.07) is 1.89. The van der Waals surface area contributed by atoms with Gasteiger partial charge in [-0.2, -0.15) is 0 Å². The maximum Gasteiger partial charge on any atom is 0.191 e. The van der Waals surface area contributed by atoms with Crippen molar-refractivity contribution in [1.82, 2.24) is 19.7 Å². The van der Waals surface area contributed by atoms with Crippen LogP contribution in [0.25, 0.3) is 0 Å². The molecule has 20 heavy (non-hydrogen) atoms. The number of nitrogens with zero attached hydrogens (tertiary/aromatic N) is 4. The standard InChI is InChI=1S/C12H15Cl2N5S/c1-7(2)19-11(4-15)17-18-12(19)20-6-8-5-16-10(14)3-9(8)13/h3,5,7H,4,6,15H2,1-2H3. The molecule has 0 aliphatic carbocycles. The second-order valence-corrected chi connectivity index (χ2v) is 6.19. The van der Waals surface area contributed by atoms with Gasteiger partial charge in [0.15, 0.2) is 5.16 Å². The number of halogens is 2. The van der Waals surface area contributed by atoms with Crippen LogP contribution in [0.2, 0.25) is 10.2 Å². The molecule has 0 atom stereocenters. The second-order valence-electron chi connectivity index (χ2n) is 4.45. The molecule has 0 spiro atoms. The van der Waals surface area contributed by atoms with E-state index in [4.69, 9.17) is 28.9 Å². The van der Waals surface area contributed by atoms with E-state index in [1.807, 2.05) is 4.57 Å². The summed E-state index contributed by atoms with van der Waals surface area (Å²) in [7, 11) is 0. The minimum atomic E-state index is 0.255. The van der Waals surface area contributed by atoms with Crippen LogP contribution in [0.3, 0.4) is 0 Å².